The van der Waals surface area contributed by atoms with Crippen molar-refractivity contribution in [2.45, 2.75) is 89.8 Å². The lowest BCUT2D eigenvalue weighted by Crippen LogP contribution is -2.54. The van der Waals surface area contributed by atoms with Crippen molar-refractivity contribution in [1.82, 2.24) is 30.0 Å². The molecule has 7 amide bonds. The molecule has 1 aliphatic carbocycles. The summed E-state index contributed by atoms with van der Waals surface area (Å²) < 4.78 is 5.81. The molecule has 1 aromatic heterocycles. The number of benzene rings is 2. The van der Waals surface area contributed by atoms with E-state index in [-0.39, 0.29) is 48.1 Å². The molecule has 3 saturated heterocycles. The van der Waals surface area contributed by atoms with Gasteiger partial charge < -0.3 is 25.7 Å². The van der Waals surface area contributed by atoms with Crippen LogP contribution in [0.3, 0.4) is 0 Å². The van der Waals surface area contributed by atoms with Gasteiger partial charge in [0, 0.05) is 36.8 Å². The van der Waals surface area contributed by atoms with E-state index in [2.05, 4.69) is 27.4 Å². The molecule has 5 aliphatic rings. The molecule has 4 aliphatic heterocycles. The van der Waals surface area contributed by atoms with Gasteiger partial charge in [-0.05, 0) is 94.7 Å². The number of anilines is 1. The number of imidazole rings is 1. The van der Waals surface area contributed by atoms with Crippen molar-refractivity contribution in [3.05, 3.63) is 77.2 Å². The summed E-state index contributed by atoms with van der Waals surface area (Å²) >= 11 is 0. The van der Waals surface area contributed by atoms with Crippen LogP contribution in [-0.4, -0.2) is 104 Å². The lowest BCUT2D eigenvalue weighted by atomic mass is 9.74. The molecule has 5 N–H and O–H groups in total. The number of amides is 7. The number of nitrogens with one attached hydrogen (secondary N) is 3. The summed E-state index contributed by atoms with van der Waals surface area (Å²) in [6.07, 6.45) is 11.7. The number of primary amides is 1. The van der Waals surface area contributed by atoms with E-state index in [0.717, 1.165) is 60.5 Å². The van der Waals surface area contributed by atoms with Crippen LogP contribution in [-0.2, 0) is 30.5 Å². The third-order valence-electron chi connectivity index (χ3n) is 12.8. The Kier molecular flexibility index (Phi) is 11.4. The molecule has 0 saturated carbocycles. The minimum absolute atomic E-state index is 0.00469. The maximum absolute atomic E-state index is 13.4. The van der Waals surface area contributed by atoms with E-state index in [1.165, 1.54) is 25.0 Å². The highest BCUT2D eigenvalue weighted by Crippen LogP contribution is 2.37. The number of aromatic nitrogens is 2. The Morgan fingerprint density at radius 3 is 2.55 bits per heavy atom. The summed E-state index contributed by atoms with van der Waals surface area (Å²) in [6.45, 7) is 4.78. The number of fused-ring (bicyclic) bond motifs is 2. The Hall–Kier alpha value is -6.16. The van der Waals surface area contributed by atoms with E-state index in [1.807, 2.05) is 18.2 Å². The van der Waals surface area contributed by atoms with E-state index in [1.54, 1.807) is 29.2 Å². The number of imide groups is 2. The topological polar surface area (TPSA) is 217 Å². The number of carbonyl (C=O) groups excluding carboxylic acids is 7. The molecule has 16 heteroatoms. The minimum Gasteiger partial charge on any atom is -0.483 e. The maximum atomic E-state index is 13.4. The highest BCUT2D eigenvalue weighted by molar-refractivity contribution is 6.24. The number of ether oxygens (including phenoxy) is 1. The van der Waals surface area contributed by atoms with Gasteiger partial charge in [-0.3, -0.25) is 48.7 Å². The van der Waals surface area contributed by atoms with Crippen LogP contribution in [0.15, 0.2) is 60.2 Å². The first-order valence-electron chi connectivity index (χ1n) is 20.9. The zero-order valence-electron chi connectivity index (χ0n) is 33.7. The third kappa shape index (κ3) is 8.20. The van der Waals surface area contributed by atoms with Crippen LogP contribution in [0.4, 0.5) is 5.69 Å². The first-order chi connectivity index (χ1) is 28.9. The van der Waals surface area contributed by atoms with Gasteiger partial charge in [-0.15, -0.1) is 0 Å². The molecular formula is C44H50N8O8. The molecule has 5 heterocycles. The second-order valence-electron chi connectivity index (χ2n) is 16.7. The van der Waals surface area contributed by atoms with Crippen LogP contribution < -0.4 is 21.1 Å². The van der Waals surface area contributed by atoms with Crippen molar-refractivity contribution in [2.75, 3.05) is 31.6 Å². The number of hydrogen-bond acceptors (Lipinski definition) is 10. The fraction of sp³-hybridized carbons (Fsp3) is 0.455. The number of allylic oxidation sites excluding steroid dienone is 1. The monoisotopic (exact) mass is 818 g/mol. The second-order valence-corrected chi connectivity index (χ2v) is 16.7. The van der Waals surface area contributed by atoms with Crippen molar-refractivity contribution >= 4 is 58.1 Å². The van der Waals surface area contributed by atoms with E-state index >= 15 is 0 Å². The van der Waals surface area contributed by atoms with Gasteiger partial charge in [0.25, 0.3) is 23.6 Å². The molecule has 3 atom stereocenters. The second kappa shape index (κ2) is 16.8. The van der Waals surface area contributed by atoms with Gasteiger partial charge in [-0.2, -0.15) is 0 Å². The number of likely N-dealkylation sites (tertiary alicyclic amines) is 2. The average molecular weight is 819 g/mol. The quantitative estimate of drug-likeness (QED) is 0.183. The first kappa shape index (κ1) is 40.6. The maximum Gasteiger partial charge on any atom is 0.266 e. The van der Waals surface area contributed by atoms with Gasteiger partial charge in [-0.25, -0.2) is 4.98 Å². The van der Waals surface area contributed by atoms with Gasteiger partial charge in [0.1, 0.15) is 17.6 Å². The molecule has 3 aromatic rings. The van der Waals surface area contributed by atoms with Gasteiger partial charge in [0.15, 0.2) is 6.61 Å². The average Bonchev–Trinajstić information content (AvgIpc) is 3.91. The zero-order valence-corrected chi connectivity index (χ0v) is 33.7. The molecule has 8 rings (SSSR count). The number of aromatic amines is 1. The van der Waals surface area contributed by atoms with E-state index < -0.39 is 41.0 Å². The molecule has 0 radical (unpaired) electrons. The molecular weight excluding hydrogens is 769 g/mol. The lowest BCUT2D eigenvalue weighted by molar-refractivity contribution is -0.136. The van der Waals surface area contributed by atoms with Gasteiger partial charge in [-0.1, -0.05) is 37.1 Å². The molecule has 2 aromatic carbocycles. The molecule has 0 bridgehead atoms. The van der Waals surface area contributed by atoms with E-state index in [9.17, 15) is 33.6 Å². The molecule has 0 spiro atoms. The number of carbonyl (C=O) groups is 7. The van der Waals surface area contributed by atoms with Crippen LogP contribution in [0.5, 0.6) is 5.75 Å². The Bertz CT molecular complexity index is 2330. The lowest BCUT2D eigenvalue weighted by Gasteiger charge is -2.33. The van der Waals surface area contributed by atoms with E-state index in [0.29, 0.717) is 49.2 Å². The van der Waals surface area contributed by atoms with Crippen LogP contribution in [0.1, 0.15) is 97.7 Å². The van der Waals surface area contributed by atoms with Crippen molar-refractivity contribution in [3.8, 4) is 5.75 Å². The van der Waals surface area contributed by atoms with Crippen LogP contribution in [0, 0.1) is 11.3 Å². The molecule has 60 heavy (non-hydrogen) atoms. The number of hydrogen-bond donors (Lipinski definition) is 4. The summed E-state index contributed by atoms with van der Waals surface area (Å²) in [6, 6.07) is 9.58. The largest absolute Gasteiger partial charge is 0.483 e. The number of piperidine rings is 2. The normalized spacial score (nSPS) is 23.5. The minimum atomic E-state index is -1.10. The summed E-state index contributed by atoms with van der Waals surface area (Å²) in [7, 11) is 0. The molecule has 16 nitrogen and oxygen atoms in total. The standard InChI is InChI=1S/C44H50N8O8/c1-26-5-4-20-51(26)24-35-47-31-10-9-29(23-32(31)48-35)46-39(55)28-13-18-44(19-14-28,43(45)59)17-3-6-27-15-21-50(22-16-27)37(54)25-60-34-8-2-7-30-38(34)42(58)52(41(30)57)33-11-12-36(53)49-40(33)56/h2,7-10,13-14,18,23,26-27,33H,3-6,11-12,15-17,19-22,24-25H2,1H3,(H2,45,59)(H,46,55)(H,47,48)(H,49,53,56)/t26-,33?,44?/m0/s1. The number of nitrogens with two attached hydrogens (primary N) is 1. The van der Waals surface area contributed by atoms with Crippen LogP contribution in [0.25, 0.3) is 11.0 Å². The highest BCUT2D eigenvalue weighted by Gasteiger charge is 2.46. The van der Waals surface area contributed by atoms with Crippen molar-refractivity contribution < 1.29 is 38.3 Å². The Balaban J connectivity index is 0.784. The molecule has 314 valence electrons. The number of H-pyrrole nitrogens is 1. The smallest absolute Gasteiger partial charge is 0.266 e. The third-order valence-corrected chi connectivity index (χ3v) is 12.8. The summed E-state index contributed by atoms with van der Waals surface area (Å²) in [4.78, 5) is 103. The molecule has 3 fully saturated rings. The Morgan fingerprint density at radius 2 is 1.83 bits per heavy atom. The Morgan fingerprint density at radius 1 is 1.02 bits per heavy atom. The number of nitrogens with zero attached hydrogens (tertiary/aromatic N) is 4. The highest BCUT2D eigenvalue weighted by atomic mass is 16.5. The van der Waals surface area contributed by atoms with Crippen LogP contribution in [0.2, 0.25) is 0 Å². The summed E-state index contributed by atoms with van der Waals surface area (Å²) in [5.41, 5.74) is 7.94. The summed E-state index contributed by atoms with van der Waals surface area (Å²) in [5, 5.41) is 5.15. The SMILES string of the molecule is C[C@H]1CCCN1Cc1nc2ccc(NC(=O)C3=CCC(CCCC4CCN(C(=O)COc5cccc6c5C(=O)N(C5CCC(=O)NC5=O)C6=O)CC4)(C(N)=O)C=C3)cc2[nH]1. The first-order valence-corrected chi connectivity index (χ1v) is 20.9. The molecule has 2 unspecified atom stereocenters. The Labute approximate surface area is 346 Å². The zero-order chi connectivity index (χ0) is 42.1. The van der Waals surface area contributed by atoms with Gasteiger partial charge in [0.2, 0.25) is 17.7 Å². The van der Waals surface area contributed by atoms with Crippen molar-refractivity contribution in [3.63, 3.8) is 0 Å². The summed E-state index contributed by atoms with van der Waals surface area (Å²) in [5.74, 6) is -2.14. The van der Waals surface area contributed by atoms with Crippen molar-refractivity contribution in [2.24, 2.45) is 17.1 Å². The fourth-order valence-electron chi connectivity index (χ4n) is 9.19. The van der Waals surface area contributed by atoms with Gasteiger partial charge >= 0.3 is 0 Å². The van der Waals surface area contributed by atoms with Crippen LogP contribution >= 0.6 is 0 Å². The predicted octanol–water partition coefficient (Wildman–Crippen LogP) is 3.73. The predicted molar refractivity (Wildman–Crippen MR) is 219 cm³/mol. The fourth-order valence-corrected chi connectivity index (χ4v) is 9.19. The van der Waals surface area contributed by atoms with Crippen molar-refractivity contribution in [1.29, 1.82) is 0 Å². The van der Waals surface area contributed by atoms with E-state index in [4.69, 9.17) is 15.5 Å². The van der Waals surface area contributed by atoms with Gasteiger partial charge in [0.05, 0.1) is 34.1 Å². The number of rotatable bonds is 13.